The number of ether oxygens (including phenoxy) is 1. The van der Waals surface area contributed by atoms with Crippen molar-refractivity contribution in [2.75, 3.05) is 6.61 Å². The van der Waals surface area contributed by atoms with E-state index in [1.165, 1.54) is 19.3 Å². The summed E-state index contributed by atoms with van der Waals surface area (Å²) in [6, 6.07) is 0. The van der Waals surface area contributed by atoms with Crippen LogP contribution in [0.2, 0.25) is 0 Å². The highest BCUT2D eigenvalue weighted by molar-refractivity contribution is 6.21. The van der Waals surface area contributed by atoms with Crippen molar-refractivity contribution >= 4 is 11.8 Å². The molecule has 4 saturated carbocycles. The van der Waals surface area contributed by atoms with Crippen molar-refractivity contribution in [1.82, 2.24) is 10.2 Å². The van der Waals surface area contributed by atoms with Crippen LogP contribution in [0.15, 0.2) is 11.3 Å². The van der Waals surface area contributed by atoms with Crippen LogP contribution in [-0.2, 0) is 14.3 Å². The Kier molecular flexibility index (Phi) is 3.73. The van der Waals surface area contributed by atoms with Crippen LogP contribution < -0.4 is 5.32 Å². The van der Waals surface area contributed by atoms with Gasteiger partial charge in [0.15, 0.2) is 0 Å². The van der Waals surface area contributed by atoms with E-state index in [9.17, 15) is 14.7 Å². The van der Waals surface area contributed by atoms with Gasteiger partial charge in [0.2, 0.25) is 0 Å². The Labute approximate surface area is 173 Å². The molecule has 5 fully saturated rings. The fourth-order valence-corrected chi connectivity index (χ4v) is 7.66. The third-order valence-electron chi connectivity index (χ3n) is 8.17. The molecule has 4 atom stereocenters. The minimum Gasteiger partial charge on any atom is -0.509 e. The van der Waals surface area contributed by atoms with Gasteiger partial charge in [0.25, 0.3) is 11.8 Å². The molecule has 6 rings (SSSR count). The summed E-state index contributed by atoms with van der Waals surface area (Å²) < 4.78 is 5.88. The van der Waals surface area contributed by atoms with E-state index >= 15 is 0 Å². The average molecular weight is 403 g/mol. The number of aliphatic hydroxyl groups is 1. The van der Waals surface area contributed by atoms with E-state index in [2.05, 4.69) is 12.2 Å². The quantitative estimate of drug-likeness (QED) is 0.695. The van der Waals surface area contributed by atoms with Gasteiger partial charge in [0, 0.05) is 11.0 Å². The SMILES string of the molecule is CC12CC3CC(C1)CC(NC(=O)C1=C(O)[C@@]4(C)CO[C@H](C(C)(C)C)N4C1=O)(C3)C2. The molecule has 4 aliphatic carbocycles. The van der Waals surface area contributed by atoms with Crippen LogP contribution in [0.4, 0.5) is 0 Å². The lowest BCUT2D eigenvalue weighted by atomic mass is 9.47. The molecule has 4 bridgehead atoms. The molecule has 6 aliphatic rings. The number of hydrogen-bond acceptors (Lipinski definition) is 4. The second-order valence-corrected chi connectivity index (χ2v) is 12.2. The lowest BCUT2D eigenvalue weighted by molar-refractivity contribution is -0.141. The molecule has 2 amide bonds. The number of amides is 2. The van der Waals surface area contributed by atoms with Gasteiger partial charge in [-0.25, -0.2) is 0 Å². The monoisotopic (exact) mass is 402 g/mol. The number of nitrogens with one attached hydrogen (secondary N) is 1. The first-order valence-corrected chi connectivity index (χ1v) is 11.1. The van der Waals surface area contributed by atoms with E-state index in [0.717, 1.165) is 19.3 Å². The standard InChI is InChI=1S/C23H34N2O4/c1-20(2,3)19-25-18(28)15(16(26)22(25,5)12-29-19)17(27)24-23-9-13-6-14(10-23)8-21(4,7-13)11-23/h13-14,19,26H,6-12H2,1-5H3,(H,24,27)/t13?,14?,19-,21?,22-,23?/m1/s1. The third-order valence-corrected chi connectivity index (χ3v) is 8.17. The molecule has 2 unspecified atom stereocenters. The van der Waals surface area contributed by atoms with E-state index in [1.54, 1.807) is 11.8 Å². The van der Waals surface area contributed by atoms with Gasteiger partial charge in [-0.3, -0.25) is 14.5 Å². The van der Waals surface area contributed by atoms with Crippen LogP contribution in [0.1, 0.15) is 73.1 Å². The first kappa shape index (κ1) is 19.4. The maximum absolute atomic E-state index is 13.4. The minimum absolute atomic E-state index is 0.0778. The molecule has 1 saturated heterocycles. The van der Waals surface area contributed by atoms with E-state index in [4.69, 9.17) is 4.74 Å². The molecule has 2 N–H and O–H groups in total. The molecular weight excluding hydrogens is 368 g/mol. The van der Waals surface area contributed by atoms with E-state index in [0.29, 0.717) is 17.3 Å². The van der Waals surface area contributed by atoms with Gasteiger partial charge in [-0.1, -0.05) is 27.7 Å². The van der Waals surface area contributed by atoms with Gasteiger partial charge in [-0.05, 0) is 62.7 Å². The van der Waals surface area contributed by atoms with Gasteiger partial charge in [0.05, 0.1) is 6.61 Å². The number of carbonyl (C=O) groups is 2. The third kappa shape index (κ3) is 2.63. The Hall–Kier alpha value is -1.56. The highest BCUT2D eigenvalue weighted by Crippen LogP contribution is 2.61. The van der Waals surface area contributed by atoms with Crippen molar-refractivity contribution in [2.24, 2.45) is 22.7 Å². The van der Waals surface area contributed by atoms with Crippen molar-refractivity contribution in [2.45, 2.75) is 90.4 Å². The summed E-state index contributed by atoms with van der Waals surface area (Å²) in [6.45, 7) is 10.4. The smallest absolute Gasteiger partial charge is 0.265 e. The van der Waals surface area contributed by atoms with Crippen molar-refractivity contribution in [3.05, 3.63) is 11.3 Å². The Balaban J connectivity index is 1.43. The Morgan fingerprint density at radius 2 is 1.79 bits per heavy atom. The van der Waals surface area contributed by atoms with Crippen LogP contribution >= 0.6 is 0 Å². The number of rotatable bonds is 2. The van der Waals surface area contributed by atoms with Crippen LogP contribution in [-0.4, -0.2) is 45.7 Å². The lowest BCUT2D eigenvalue weighted by Crippen LogP contribution is -2.63. The number of carbonyl (C=O) groups excluding carboxylic acids is 2. The predicted molar refractivity (Wildman–Crippen MR) is 108 cm³/mol. The largest absolute Gasteiger partial charge is 0.509 e. The summed E-state index contributed by atoms with van der Waals surface area (Å²) in [4.78, 5) is 28.3. The van der Waals surface area contributed by atoms with Crippen molar-refractivity contribution < 1.29 is 19.4 Å². The Morgan fingerprint density at radius 1 is 1.17 bits per heavy atom. The van der Waals surface area contributed by atoms with E-state index in [-0.39, 0.29) is 28.9 Å². The first-order valence-electron chi connectivity index (χ1n) is 11.1. The Bertz CT molecular complexity index is 811. The Morgan fingerprint density at radius 3 is 2.34 bits per heavy atom. The highest BCUT2D eigenvalue weighted by Gasteiger charge is 2.62. The van der Waals surface area contributed by atoms with Gasteiger partial charge < -0.3 is 15.2 Å². The second-order valence-electron chi connectivity index (χ2n) is 12.2. The second kappa shape index (κ2) is 5.57. The topological polar surface area (TPSA) is 78.9 Å². The molecule has 6 nitrogen and oxygen atoms in total. The lowest BCUT2D eigenvalue weighted by Gasteiger charge is -2.61. The van der Waals surface area contributed by atoms with Crippen LogP contribution in [0.5, 0.6) is 0 Å². The molecular formula is C23H34N2O4. The van der Waals surface area contributed by atoms with Gasteiger partial charge >= 0.3 is 0 Å². The molecule has 0 radical (unpaired) electrons. The zero-order chi connectivity index (χ0) is 21.0. The van der Waals surface area contributed by atoms with Crippen molar-refractivity contribution in [3.8, 4) is 0 Å². The first-order chi connectivity index (χ1) is 13.4. The average Bonchev–Trinajstić information content (AvgIpc) is 2.98. The zero-order valence-electron chi connectivity index (χ0n) is 18.3. The molecule has 0 aromatic carbocycles. The van der Waals surface area contributed by atoms with Crippen LogP contribution in [0.25, 0.3) is 0 Å². The van der Waals surface area contributed by atoms with E-state index in [1.807, 2.05) is 20.8 Å². The zero-order valence-corrected chi connectivity index (χ0v) is 18.3. The van der Waals surface area contributed by atoms with E-state index < -0.39 is 23.6 Å². The minimum atomic E-state index is -0.963. The summed E-state index contributed by atoms with van der Waals surface area (Å²) in [7, 11) is 0. The van der Waals surface area contributed by atoms with Gasteiger partial charge in [-0.2, -0.15) is 0 Å². The molecule has 0 aromatic heterocycles. The number of hydrogen-bond donors (Lipinski definition) is 2. The number of nitrogens with zero attached hydrogens (tertiary/aromatic N) is 1. The van der Waals surface area contributed by atoms with Gasteiger partial charge in [-0.15, -0.1) is 0 Å². The summed E-state index contributed by atoms with van der Waals surface area (Å²) in [5.74, 6) is 0.394. The van der Waals surface area contributed by atoms with Crippen molar-refractivity contribution in [1.29, 1.82) is 0 Å². The summed E-state index contributed by atoms with van der Waals surface area (Å²) in [6.07, 6.45) is 6.30. The normalized spacial score (nSPS) is 45.9. The maximum atomic E-state index is 13.4. The molecule has 29 heavy (non-hydrogen) atoms. The van der Waals surface area contributed by atoms with Gasteiger partial charge in [0.1, 0.15) is 23.1 Å². The van der Waals surface area contributed by atoms with Crippen LogP contribution in [0.3, 0.4) is 0 Å². The number of aliphatic hydroxyl groups excluding tert-OH is 1. The molecule has 2 aliphatic heterocycles. The molecule has 0 aromatic rings. The number of fused-ring (bicyclic) bond motifs is 1. The summed E-state index contributed by atoms with van der Waals surface area (Å²) >= 11 is 0. The highest BCUT2D eigenvalue weighted by atomic mass is 16.5. The fourth-order valence-electron chi connectivity index (χ4n) is 7.66. The van der Waals surface area contributed by atoms with Crippen LogP contribution in [0, 0.1) is 22.7 Å². The predicted octanol–water partition coefficient (Wildman–Crippen LogP) is 3.28. The molecule has 160 valence electrons. The summed E-state index contributed by atoms with van der Waals surface area (Å²) in [5.41, 5.74) is -1.28. The molecule has 6 heteroatoms. The molecule has 2 heterocycles. The van der Waals surface area contributed by atoms with Crippen molar-refractivity contribution in [3.63, 3.8) is 0 Å². The molecule has 0 spiro atoms. The fraction of sp³-hybridized carbons (Fsp3) is 0.826. The maximum Gasteiger partial charge on any atom is 0.265 e. The summed E-state index contributed by atoms with van der Waals surface area (Å²) in [5, 5.41) is 14.3.